The molecule has 0 unspecified atom stereocenters. The number of esters is 1. The Morgan fingerprint density at radius 1 is 1.00 bits per heavy atom. The Kier molecular flexibility index (Phi) is 8.48. The van der Waals surface area contributed by atoms with Gasteiger partial charge in [0.05, 0.1) is 28.5 Å². The van der Waals surface area contributed by atoms with Crippen molar-refractivity contribution in [2.45, 2.75) is 75.9 Å². The molecule has 4 aliphatic carbocycles. The normalized spacial score (nSPS) is 30.1. The molecule has 2 aromatic carbocycles. The Morgan fingerprint density at radius 2 is 1.80 bits per heavy atom. The summed E-state index contributed by atoms with van der Waals surface area (Å²) in [5.41, 5.74) is -1.01. The number of ether oxygens (including phenoxy) is 3. The van der Waals surface area contributed by atoms with Crippen LogP contribution in [0.25, 0.3) is 32.9 Å². The van der Waals surface area contributed by atoms with E-state index in [2.05, 4.69) is 20.8 Å². The molecule has 2 aromatic heterocycles. The summed E-state index contributed by atoms with van der Waals surface area (Å²) >= 11 is 0. The van der Waals surface area contributed by atoms with Crippen molar-refractivity contribution in [3.05, 3.63) is 47.7 Å². The number of hydrogen-bond acceptors (Lipinski definition) is 9. The molecule has 0 amide bonds. The second-order valence-corrected chi connectivity index (χ2v) is 17.1. The van der Waals surface area contributed by atoms with Gasteiger partial charge in [0.1, 0.15) is 41.4 Å². The highest BCUT2D eigenvalue weighted by molar-refractivity contribution is 6.03. The SMILES string of the molecule is C#Cc1c(F)ccc2cc(OC(=O)C34CC5CC(CC(C5)C3)C4)cc(-c3ncc4c(N5CCCOCC5)nc(OC[C@@]56CCCN5C[C@H](F)C6)nc4c3F)c12. The highest BCUT2D eigenvalue weighted by Crippen LogP contribution is 2.60. The van der Waals surface area contributed by atoms with Gasteiger partial charge in [0, 0.05) is 49.8 Å². The first-order chi connectivity index (χ1) is 26.7. The van der Waals surface area contributed by atoms with Gasteiger partial charge in [-0.25, -0.2) is 13.2 Å². The highest BCUT2D eigenvalue weighted by atomic mass is 19.1. The molecular formula is C43H44F3N5O4. The quantitative estimate of drug-likeness (QED) is 0.109. The average molecular weight is 752 g/mol. The van der Waals surface area contributed by atoms with E-state index in [0.29, 0.717) is 73.6 Å². The summed E-state index contributed by atoms with van der Waals surface area (Å²) in [5.74, 6) is 3.09. The zero-order chi connectivity index (χ0) is 37.5. The largest absolute Gasteiger partial charge is 0.461 e. The fourth-order valence-corrected chi connectivity index (χ4v) is 11.5. The third-order valence-electron chi connectivity index (χ3n) is 13.5. The third-order valence-corrected chi connectivity index (χ3v) is 13.5. The van der Waals surface area contributed by atoms with Gasteiger partial charge in [-0.3, -0.25) is 14.7 Å². The number of halogens is 3. The molecule has 7 fully saturated rings. The van der Waals surface area contributed by atoms with Gasteiger partial charge >= 0.3 is 12.0 Å². The summed E-state index contributed by atoms with van der Waals surface area (Å²) < 4.78 is 65.6. The summed E-state index contributed by atoms with van der Waals surface area (Å²) in [4.78, 5) is 32.3. The molecule has 4 bridgehead atoms. The molecule has 55 heavy (non-hydrogen) atoms. The van der Waals surface area contributed by atoms with Crippen molar-refractivity contribution in [2.24, 2.45) is 23.2 Å². The van der Waals surface area contributed by atoms with Crippen LogP contribution in [-0.2, 0) is 9.53 Å². The Balaban J connectivity index is 1.08. The van der Waals surface area contributed by atoms with Crippen LogP contribution in [-0.4, -0.2) is 83.5 Å². The highest BCUT2D eigenvalue weighted by Gasteiger charge is 2.56. The number of nitrogens with zero attached hydrogens (tertiary/aromatic N) is 5. The Bertz CT molecular complexity index is 2220. The second kappa shape index (κ2) is 13.3. The van der Waals surface area contributed by atoms with Crippen molar-refractivity contribution in [1.29, 1.82) is 0 Å². The van der Waals surface area contributed by atoms with Crippen molar-refractivity contribution in [3.63, 3.8) is 0 Å². The van der Waals surface area contributed by atoms with Gasteiger partial charge in [-0.05, 0) is 106 Å². The van der Waals surface area contributed by atoms with Crippen LogP contribution in [0, 0.1) is 47.1 Å². The Labute approximate surface area is 317 Å². The van der Waals surface area contributed by atoms with Crippen molar-refractivity contribution in [1.82, 2.24) is 19.9 Å². The van der Waals surface area contributed by atoms with Crippen LogP contribution in [0.2, 0.25) is 0 Å². The molecule has 12 heteroatoms. The first-order valence-electron chi connectivity index (χ1n) is 19.9. The van der Waals surface area contributed by atoms with Crippen LogP contribution in [0.15, 0.2) is 30.5 Å². The van der Waals surface area contributed by atoms with Crippen molar-refractivity contribution in [2.75, 3.05) is 50.9 Å². The second-order valence-electron chi connectivity index (χ2n) is 17.1. The van der Waals surface area contributed by atoms with E-state index >= 15 is 8.78 Å². The third kappa shape index (κ3) is 5.92. The maximum Gasteiger partial charge on any atom is 0.319 e. The number of terminal acetylenes is 1. The zero-order valence-electron chi connectivity index (χ0n) is 30.8. The number of carbonyl (C=O) groups excluding carboxylic acids is 1. The van der Waals surface area contributed by atoms with E-state index in [9.17, 15) is 9.18 Å². The van der Waals surface area contributed by atoms with Crippen LogP contribution in [0.3, 0.4) is 0 Å². The van der Waals surface area contributed by atoms with E-state index < -0.39 is 28.8 Å². The smallest absolute Gasteiger partial charge is 0.319 e. The molecule has 286 valence electrons. The number of benzene rings is 2. The lowest BCUT2D eigenvalue weighted by Gasteiger charge is -2.55. The minimum atomic E-state index is -0.935. The molecule has 3 aliphatic heterocycles. The fourth-order valence-electron chi connectivity index (χ4n) is 11.5. The average Bonchev–Trinajstić information content (AvgIpc) is 3.55. The molecule has 7 aliphatic rings. The summed E-state index contributed by atoms with van der Waals surface area (Å²) in [6.45, 7) is 3.53. The lowest BCUT2D eigenvalue weighted by atomic mass is 9.49. The van der Waals surface area contributed by atoms with Gasteiger partial charge in [0.2, 0.25) is 0 Å². The predicted molar refractivity (Wildman–Crippen MR) is 201 cm³/mol. The molecule has 0 spiro atoms. The number of aromatic nitrogens is 3. The number of rotatable bonds is 7. The summed E-state index contributed by atoms with van der Waals surface area (Å²) in [7, 11) is 0. The van der Waals surface area contributed by atoms with Crippen LogP contribution in [0.5, 0.6) is 11.8 Å². The number of alkyl halides is 1. The van der Waals surface area contributed by atoms with E-state index in [1.807, 2.05) is 4.90 Å². The molecule has 4 saturated carbocycles. The molecule has 0 radical (unpaired) electrons. The topological polar surface area (TPSA) is 89.9 Å². The minimum absolute atomic E-state index is 0.0225. The maximum absolute atomic E-state index is 17.4. The molecule has 4 aromatic rings. The lowest BCUT2D eigenvalue weighted by molar-refractivity contribution is -0.161. The van der Waals surface area contributed by atoms with Crippen molar-refractivity contribution >= 4 is 33.5 Å². The van der Waals surface area contributed by atoms with Crippen LogP contribution in [0.4, 0.5) is 19.0 Å². The standard InChI is InChI=1S/C43H44F3N5O4/c1-2-31-34(45)6-5-28-16-30(55-40(52)42-18-25-13-26(19-42)15-27(14-25)20-42)17-32(35(28)31)37-36(46)38-33(22-47-37)39(50-8-4-11-53-12-10-50)49-41(48-38)54-24-43-7-3-9-51(43)23-29(44)21-43/h1,5-6,16-17,22,25-27,29H,3-4,7-15,18-21,23-24H2/t25?,26?,27?,29-,42?,43+/m1/s1. The van der Waals surface area contributed by atoms with Crippen LogP contribution >= 0.6 is 0 Å². The number of hydrogen-bond donors (Lipinski definition) is 0. The van der Waals surface area contributed by atoms with Gasteiger partial charge in [-0.1, -0.05) is 12.0 Å². The number of fused-ring (bicyclic) bond motifs is 3. The molecule has 2 atom stereocenters. The fraction of sp³-hybridized carbons (Fsp3) is 0.535. The summed E-state index contributed by atoms with van der Waals surface area (Å²) in [6, 6.07) is 6.02. The summed E-state index contributed by atoms with van der Waals surface area (Å²) in [5, 5.41) is 1.14. The Morgan fingerprint density at radius 3 is 2.58 bits per heavy atom. The van der Waals surface area contributed by atoms with Gasteiger partial charge in [0.25, 0.3) is 0 Å². The molecule has 0 N–H and O–H groups in total. The van der Waals surface area contributed by atoms with Gasteiger partial charge < -0.3 is 19.1 Å². The monoisotopic (exact) mass is 751 g/mol. The Hall–Kier alpha value is -4.47. The van der Waals surface area contributed by atoms with E-state index in [1.165, 1.54) is 31.5 Å². The molecule has 11 rings (SSSR count). The number of carbonyl (C=O) groups is 1. The van der Waals surface area contributed by atoms with Gasteiger partial charge in [-0.2, -0.15) is 9.97 Å². The first-order valence-corrected chi connectivity index (χ1v) is 19.9. The molecule has 9 nitrogen and oxygen atoms in total. The predicted octanol–water partition coefficient (Wildman–Crippen LogP) is 7.41. The molecule has 5 heterocycles. The zero-order valence-corrected chi connectivity index (χ0v) is 30.8. The van der Waals surface area contributed by atoms with Gasteiger partial charge in [-0.15, -0.1) is 6.42 Å². The lowest BCUT2D eigenvalue weighted by Crippen LogP contribution is -2.51. The van der Waals surface area contributed by atoms with E-state index in [0.717, 1.165) is 45.1 Å². The first kappa shape index (κ1) is 35.0. The summed E-state index contributed by atoms with van der Waals surface area (Å²) in [6.07, 6.45) is 15.3. The number of pyridine rings is 1. The van der Waals surface area contributed by atoms with Crippen LogP contribution < -0.4 is 14.4 Å². The van der Waals surface area contributed by atoms with E-state index in [1.54, 1.807) is 18.2 Å². The van der Waals surface area contributed by atoms with Crippen molar-refractivity contribution < 1.29 is 32.2 Å². The number of anilines is 1. The molecular weight excluding hydrogens is 707 g/mol. The van der Waals surface area contributed by atoms with Crippen molar-refractivity contribution in [3.8, 4) is 35.4 Å². The van der Waals surface area contributed by atoms with Crippen LogP contribution in [0.1, 0.15) is 69.8 Å². The molecule has 3 saturated heterocycles. The van der Waals surface area contributed by atoms with E-state index in [-0.39, 0.29) is 52.1 Å². The minimum Gasteiger partial charge on any atom is -0.461 e. The maximum atomic E-state index is 17.4. The van der Waals surface area contributed by atoms with Gasteiger partial charge in [0.15, 0.2) is 5.82 Å². The van der Waals surface area contributed by atoms with E-state index in [4.69, 9.17) is 25.6 Å².